The number of rotatable bonds is 6. The molecule has 1 aliphatic rings. The zero-order valence-corrected chi connectivity index (χ0v) is 28.4. The molecule has 6 nitrogen and oxygen atoms in total. The van der Waals surface area contributed by atoms with E-state index in [1.807, 2.05) is 80.9 Å². The van der Waals surface area contributed by atoms with Gasteiger partial charge in [-0.15, -0.1) is 0 Å². The normalized spacial score (nSPS) is 12.1. The van der Waals surface area contributed by atoms with Gasteiger partial charge in [-0.25, -0.2) is 9.37 Å². The number of likely N-dealkylation sites (N-methyl/N-ethyl adjacent to an activating group) is 1. The van der Waals surface area contributed by atoms with Gasteiger partial charge >= 0.3 is 0 Å². The third kappa shape index (κ3) is 14.6. The number of anilines is 1. The Balaban J connectivity index is 0. The van der Waals surface area contributed by atoms with Crippen LogP contribution in [0.25, 0.3) is 5.65 Å². The molecule has 1 fully saturated rings. The molecule has 0 spiro atoms. The maximum atomic E-state index is 13.4. The average molecular weight is 574 g/mol. The minimum atomic E-state index is -0.243. The van der Waals surface area contributed by atoms with E-state index in [9.17, 15) is 9.18 Å². The number of halogens is 1. The Bertz CT molecular complexity index is 1060. The van der Waals surface area contributed by atoms with Crippen molar-refractivity contribution >= 4 is 17.6 Å². The summed E-state index contributed by atoms with van der Waals surface area (Å²) in [4.78, 5) is 22.8. The number of hydrogen-bond acceptors (Lipinski definition) is 5. The lowest BCUT2D eigenvalue weighted by Gasteiger charge is -2.35. The van der Waals surface area contributed by atoms with Gasteiger partial charge in [0.25, 0.3) is 0 Å². The molecular formula is C34H60FN5O. The molecule has 41 heavy (non-hydrogen) atoms. The van der Waals surface area contributed by atoms with Gasteiger partial charge in [-0.3, -0.25) is 4.98 Å². The predicted molar refractivity (Wildman–Crippen MR) is 177 cm³/mol. The van der Waals surface area contributed by atoms with Crippen molar-refractivity contribution in [2.45, 2.75) is 108 Å². The number of pyridine rings is 2. The topological polar surface area (TPSA) is 53.7 Å². The SMILES string of the molecule is CC.CC.CC.CCCC=O.CCCc1c(N2CCN(C)CC2)ccnc1C.CCc1cc(F)c2nc(C)cn2c1. The fourth-order valence-electron chi connectivity index (χ4n) is 4.03. The summed E-state index contributed by atoms with van der Waals surface area (Å²) in [5.74, 6) is -0.243. The summed E-state index contributed by atoms with van der Waals surface area (Å²) in [5, 5.41) is 0. The van der Waals surface area contributed by atoms with E-state index in [1.165, 1.54) is 23.4 Å². The summed E-state index contributed by atoms with van der Waals surface area (Å²) in [6, 6.07) is 3.73. The van der Waals surface area contributed by atoms with Gasteiger partial charge in [0.2, 0.25) is 0 Å². The Kier molecular flexibility index (Phi) is 24.6. The van der Waals surface area contributed by atoms with E-state index in [2.05, 4.69) is 46.7 Å². The second kappa shape index (κ2) is 25.0. The van der Waals surface area contributed by atoms with Crippen LogP contribution >= 0.6 is 0 Å². The number of carbonyl (C=O) groups is 1. The van der Waals surface area contributed by atoms with Crippen LogP contribution < -0.4 is 4.90 Å². The molecule has 0 radical (unpaired) electrons. The largest absolute Gasteiger partial charge is 0.369 e. The number of nitrogens with zero attached hydrogens (tertiary/aromatic N) is 5. The molecule has 0 amide bonds. The van der Waals surface area contributed by atoms with Crippen molar-refractivity contribution in [1.82, 2.24) is 19.3 Å². The molecule has 0 atom stereocenters. The molecule has 0 saturated carbocycles. The van der Waals surface area contributed by atoms with Crippen molar-refractivity contribution in [3.8, 4) is 0 Å². The number of fused-ring (bicyclic) bond motifs is 1. The maximum Gasteiger partial charge on any atom is 0.173 e. The highest BCUT2D eigenvalue weighted by Crippen LogP contribution is 2.24. The van der Waals surface area contributed by atoms with Crippen molar-refractivity contribution in [2.24, 2.45) is 0 Å². The fourth-order valence-corrected chi connectivity index (χ4v) is 4.03. The second-order valence-electron chi connectivity index (χ2n) is 9.05. The van der Waals surface area contributed by atoms with Gasteiger partial charge in [0, 0.05) is 62.6 Å². The molecular weight excluding hydrogens is 513 g/mol. The van der Waals surface area contributed by atoms with Crippen LogP contribution in [0.15, 0.2) is 30.7 Å². The van der Waals surface area contributed by atoms with Crippen molar-refractivity contribution < 1.29 is 9.18 Å². The Morgan fingerprint density at radius 1 is 0.927 bits per heavy atom. The van der Waals surface area contributed by atoms with E-state index in [0.717, 1.165) is 63.0 Å². The van der Waals surface area contributed by atoms with Gasteiger partial charge in [-0.2, -0.15) is 0 Å². The minimum Gasteiger partial charge on any atom is -0.369 e. The quantitative estimate of drug-likeness (QED) is 0.277. The van der Waals surface area contributed by atoms with Crippen molar-refractivity contribution in [1.29, 1.82) is 0 Å². The van der Waals surface area contributed by atoms with Gasteiger partial charge in [0.1, 0.15) is 6.29 Å². The number of aldehydes is 1. The summed E-state index contributed by atoms with van der Waals surface area (Å²) in [6.07, 6.45) is 11.5. The molecule has 4 heterocycles. The predicted octanol–water partition coefficient (Wildman–Crippen LogP) is 8.50. The molecule has 0 unspecified atom stereocenters. The first kappa shape index (κ1) is 40.3. The van der Waals surface area contributed by atoms with Crippen LogP contribution in [-0.4, -0.2) is 58.8 Å². The minimum absolute atomic E-state index is 0.243. The molecule has 234 valence electrons. The Morgan fingerprint density at radius 3 is 2.02 bits per heavy atom. The lowest BCUT2D eigenvalue weighted by atomic mass is 10.1. The molecule has 0 bridgehead atoms. The second-order valence-corrected chi connectivity index (χ2v) is 9.05. The number of imidazole rings is 1. The molecule has 4 rings (SSSR count). The summed E-state index contributed by atoms with van der Waals surface area (Å²) in [7, 11) is 2.20. The smallest absolute Gasteiger partial charge is 0.173 e. The highest BCUT2D eigenvalue weighted by molar-refractivity contribution is 5.55. The van der Waals surface area contributed by atoms with Crippen LogP contribution in [-0.2, 0) is 17.6 Å². The standard InChI is InChI=1S/C14H23N3.C10H11FN2.C4H8O.3C2H6/c1-4-5-13-12(2)15-7-6-14(13)17-10-8-16(3)9-11-17;1-3-8-4-9(11)10-12-7(2)5-13(10)6-8;1-2-3-4-5;3*1-2/h6-7H,4-5,8-11H2,1-3H3;4-6H,3H2,1-2H3;4H,2-3H2,1H3;3*1-2H3. The van der Waals surface area contributed by atoms with Gasteiger partial charge in [-0.1, -0.05) is 68.7 Å². The maximum absolute atomic E-state index is 13.4. The first-order chi connectivity index (χ1) is 19.8. The van der Waals surface area contributed by atoms with E-state index in [4.69, 9.17) is 0 Å². The Morgan fingerprint density at radius 2 is 1.54 bits per heavy atom. The van der Waals surface area contributed by atoms with Gasteiger partial charge in [-0.05, 0) is 63.4 Å². The molecule has 7 heteroatoms. The fraction of sp³-hybridized carbons (Fsp3) is 0.618. The zero-order valence-electron chi connectivity index (χ0n) is 28.4. The Labute approximate surface area is 251 Å². The van der Waals surface area contributed by atoms with E-state index >= 15 is 0 Å². The number of hydrogen-bond donors (Lipinski definition) is 0. The molecule has 0 aromatic carbocycles. The van der Waals surface area contributed by atoms with Crippen LogP contribution in [0, 0.1) is 19.7 Å². The number of unbranched alkanes of at least 4 members (excludes halogenated alkanes) is 1. The van der Waals surface area contributed by atoms with Crippen LogP contribution in [0.2, 0.25) is 0 Å². The monoisotopic (exact) mass is 573 g/mol. The summed E-state index contributed by atoms with van der Waals surface area (Å²) in [5.41, 5.74) is 6.29. The summed E-state index contributed by atoms with van der Waals surface area (Å²) < 4.78 is 15.1. The number of aromatic nitrogens is 3. The first-order valence-electron chi connectivity index (χ1n) is 15.8. The molecule has 3 aromatic heterocycles. The summed E-state index contributed by atoms with van der Waals surface area (Å²) >= 11 is 0. The van der Waals surface area contributed by atoms with Crippen LogP contribution in [0.5, 0.6) is 0 Å². The molecule has 1 saturated heterocycles. The average Bonchev–Trinajstić information content (AvgIpc) is 3.39. The first-order valence-corrected chi connectivity index (χ1v) is 15.8. The van der Waals surface area contributed by atoms with Crippen LogP contribution in [0.3, 0.4) is 0 Å². The van der Waals surface area contributed by atoms with Crippen molar-refractivity contribution in [3.05, 3.63) is 59.1 Å². The highest BCUT2D eigenvalue weighted by atomic mass is 19.1. The lowest BCUT2D eigenvalue weighted by Crippen LogP contribution is -2.44. The van der Waals surface area contributed by atoms with E-state index in [-0.39, 0.29) is 5.82 Å². The Hall–Kier alpha value is -2.80. The van der Waals surface area contributed by atoms with Crippen LogP contribution in [0.4, 0.5) is 10.1 Å². The van der Waals surface area contributed by atoms with Crippen molar-refractivity contribution in [3.63, 3.8) is 0 Å². The van der Waals surface area contributed by atoms with Crippen LogP contribution in [0.1, 0.15) is 104 Å². The van der Waals surface area contributed by atoms with Gasteiger partial charge < -0.3 is 19.0 Å². The molecule has 3 aromatic rings. The van der Waals surface area contributed by atoms with Gasteiger partial charge in [0.15, 0.2) is 11.5 Å². The lowest BCUT2D eigenvalue weighted by molar-refractivity contribution is -0.107. The van der Waals surface area contributed by atoms with E-state index in [0.29, 0.717) is 12.1 Å². The zero-order chi connectivity index (χ0) is 31.8. The van der Waals surface area contributed by atoms with E-state index in [1.54, 1.807) is 10.5 Å². The molecule has 0 aliphatic carbocycles. The third-order valence-corrected chi connectivity index (χ3v) is 6.09. The molecule has 0 N–H and O–H groups in total. The van der Waals surface area contributed by atoms with E-state index < -0.39 is 0 Å². The van der Waals surface area contributed by atoms with Gasteiger partial charge in [0.05, 0.1) is 5.69 Å². The van der Waals surface area contributed by atoms with Crippen molar-refractivity contribution in [2.75, 3.05) is 38.1 Å². The number of aryl methyl sites for hydroxylation is 3. The highest BCUT2D eigenvalue weighted by Gasteiger charge is 2.17. The third-order valence-electron chi connectivity index (χ3n) is 6.09. The summed E-state index contributed by atoms with van der Waals surface area (Å²) in [6.45, 7) is 26.8. The number of carbonyl (C=O) groups excluding carboxylic acids is 1. The molecule has 1 aliphatic heterocycles. The number of piperazine rings is 1.